The van der Waals surface area contributed by atoms with E-state index in [4.69, 9.17) is 4.98 Å². The number of nitrogens with zero attached hydrogens (tertiary/aromatic N) is 2. The molecule has 0 bridgehead atoms. The standard InChI is InChI=1S/C45H33N2.C18H15.C16H17.V/c1-45(2)42-29-36(24-25-39(42)41-26-27-46-44(41)45)47(43-28-34-12-6-7-13-37(34)38-14-8-9-15-40(38)43)35-22-20-33(21-23-35)32-18-16-31(17-19-32)30-10-4-3-5-11-30;1-3-7-15(8-4-1)17-11-13-18(14-12-17)16-9-5-2-6-10-16;1-11-5-4-8-15-14(11)10-9-13-7-3-6-12(2)16(13)15;/h3-29H,1-2H3;1,3-5,7-9,11-14H,6,10H2;3-4,7-8,10-12H,5-6H2,1-2H3;/q3*-1;. The van der Waals surface area contributed by atoms with Crippen LogP contribution in [0.1, 0.15) is 104 Å². The van der Waals surface area contributed by atoms with Gasteiger partial charge in [0.25, 0.3) is 0 Å². The van der Waals surface area contributed by atoms with Gasteiger partial charge in [0.1, 0.15) is 0 Å². The van der Waals surface area contributed by atoms with Crippen molar-refractivity contribution < 1.29 is 18.6 Å². The summed E-state index contributed by atoms with van der Waals surface area (Å²) in [6.45, 7) is 9.22. The van der Waals surface area contributed by atoms with Crippen molar-refractivity contribution in [2.45, 2.75) is 70.6 Å². The van der Waals surface area contributed by atoms with Crippen LogP contribution in [0.4, 0.5) is 17.1 Å². The molecule has 0 amide bonds. The van der Waals surface area contributed by atoms with Gasteiger partial charge in [0.2, 0.25) is 0 Å². The summed E-state index contributed by atoms with van der Waals surface area (Å²) in [7, 11) is 0. The minimum absolute atomic E-state index is 0. The second kappa shape index (κ2) is 23.4. The molecule has 2 atom stereocenters. The van der Waals surface area contributed by atoms with Gasteiger partial charge in [-0.2, -0.15) is 6.20 Å². The van der Waals surface area contributed by atoms with Gasteiger partial charge in [-0.05, 0) is 126 Å². The second-order valence-corrected chi connectivity index (χ2v) is 22.6. The molecule has 1 heterocycles. The quantitative estimate of drug-likeness (QED) is 0.117. The molecule has 4 aliphatic rings. The minimum Gasteiger partial charge on any atom is -0.666 e. The predicted octanol–water partition coefficient (Wildman–Crippen LogP) is 21.5. The Balaban J connectivity index is 0.000000154. The normalized spacial score (nSPS) is 15.8. The summed E-state index contributed by atoms with van der Waals surface area (Å²) in [6.07, 6.45) is 23.0. The summed E-state index contributed by atoms with van der Waals surface area (Å²) in [5.41, 5.74) is 24.2. The van der Waals surface area contributed by atoms with Crippen LogP contribution in [0.3, 0.4) is 0 Å². The maximum Gasteiger partial charge on any atom is 0.0546 e. The molecule has 0 aliphatic heterocycles. The molecule has 10 aromatic carbocycles. The van der Waals surface area contributed by atoms with E-state index in [0.717, 1.165) is 29.9 Å². The monoisotopic (exact) mass is 1090 g/mol. The molecule has 399 valence electrons. The fourth-order valence-corrected chi connectivity index (χ4v) is 12.7. The van der Waals surface area contributed by atoms with Crippen LogP contribution in [0.25, 0.3) is 83.8 Å². The van der Waals surface area contributed by atoms with Gasteiger partial charge >= 0.3 is 0 Å². The summed E-state index contributed by atoms with van der Waals surface area (Å²) in [5.74, 6) is 1.29. The molecule has 1 radical (unpaired) electrons. The Morgan fingerprint density at radius 2 is 1.09 bits per heavy atom. The van der Waals surface area contributed by atoms with Gasteiger partial charge in [-0.25, -0.2) is 12.2 Å². The molecule has 0 saturated heterocycles. The van der Waals surface area contributed by atoms with Gasteiger partial charge in [-0.3, -0.25) is 6.08 Å². The largest absolute Gasteiger partial charge is 0.666 e. The van der Waals surface area contributed by atoms with E-state index in [-0.39, 0.29) is 24.0 Å². The summed E-state index contributed by atoms with van der Waals surface area (Å²) >= 11 is 0. The Labute approximate surface area is 496 Å². The molecule has 15 rings (SSSR count). The average Bonchev–Trinajstić information content (AvgIpc) is 3.83. The zero-order valence-electron chi connectivity index (χ0n) is 47.2. The molecule has 0 fully saturated rings. The fourth-order valence-electron chi connectivity index (χ4n) is 12.7. The molecule has 0 saturated carbocycles. The zero-order valence-corrected chi connectivity index (χ0v) is 48.5. The van der Waals surface area contributed by atoms with Crippen molar-refractivity contribution in [2.75, 3.05) is 4.90 Å². The first-order valence-corrected chi connectivity index (χ1v) is 28.8. The number of fused-ring (bicyclic) bond motifs is 9. The molecule has 2 unspecified atom stereocenters. The van der Waals surface area contributed by atoms with E-state index in [1.165, 1.54) is 124 Å². The van der Waals surface area contributed by atoms with Crippen LogP contribution in [0.5, 0.6) is 0 Å². The molecule has 3 heteroatoms. The smallest absolute Gasteiger partial charge is 0.0546 e. The van der Waals surface area contributed by atoms with Crippen LogP contribution in [0.15, 0.2) is 249 Å². The van der Waals surface area contributed by atoms with Gasteiger partial charge in [0, 0.05) is 35.3 Å². The van der Waals surface area contributed by atoms with Crippen LogP contribution >= 0.6 is 0 Å². The Morgan fingerprint density at radius 1 is 0.524 bits per heavy atom. The number of allylic oxidation sites excluding steroid dienone is 6. The summed E-state index contributed by atoms with van der Waals surface area (Å²) in [6, 6.07) is 82.4. The average molecular weight is 1090 g/mol. The topological polar surface area (TPSA) is 17.3 Å². The Morgan fingerprint density at radius 3 is 1.74 bits per heavy atom. The number of hydrogen-bond donors (Lipinski definition) is 0. The molecule has 82 heavy (non-hydrogen) atoms. The maximum absolute atomic E-state index is 4.78. The van der Waals surface area contributed by atoms with E-state index in [1.807, 2.05) is 18.3 Å². The van der Waals surface area contributed by atoms with Crippen molar-refractivity contribution in [3.05, 3.63) is 300 Å². The third-order valence-corrected chi connectivity index (χ3v) is 17.1. The van der Waals surface area contributed by atoms with Gasteiger partial charge < -0.3 is 9.88 Å². The van der Waals surface area contributed by atoms with Crippen molar-refractivity contribution in [1.29, 1.82) is 0 Å². The van der Waals surface area contributed by atoms with Crippen LogP contribution in [0.2, 0.25) is 0 Å². The van der Waals surface area contributed by atoms with Gasteiger partial charge in [-0.15, -0.1) is 64.2 Å². The molecule has 2 nitrogen and oxygen atoms in total. The van der Waals surface area contributed by atoms with E-state index < -0.39 is 0 Å². The van der Waals surface area contributed by atoms with Crippen molar-refractivity contribution in [1.82, 2.24) is 4.98 Å². The minimum atomic E-state index is -0.170. The number of benzene rings is 10. The summed E-state index contributed by atoms with van der Waals surface area (Å²) in [4.78, 5) is 7.21. The molecule has 0 spiro atoms. The Kier molecular flexibility index (Phi) is 15.4. The van der Waals surface area contributed by atoms with Crippen LogP contribution in [-0.4, -0.2) is 0 Å². The molecule has 0 N–H and O–H groups in total. The number of hydrogen-bond acceptors (Lipinski definition) is 1. The van der Waals surface area contributed by atoms with Gasteiger partial charge in [0.05, 0.1) is 5.69 Å². The third kappa shape index (κ3) is 10.5. The van der Waals surface area contributed by atoms with Crippen LogP contribution < -0.4 is 9.88 Å². The Bertz CT molecular complexity index is 4190. The maximum atomic E-state index is 4.78. The molecule has 1 aromatic heterocycles. The second-order valence-electron chi connectivity index (χ2n) is 22.6. The van der Waals surface area contributed by atoms with Crippen molar-refractivity contribution in [3.8, 4) is 44.5 Å². The number of anilines is 3. The van der Waals surface area contributed by atoms with Gasteiger partial charge in [-0.1, -0.05) is 234 Å². The molecule has 4 aliphatic carbocycles. The SMILES string of the molecule is CC1(C)c2cc(N(c3ccc(-c4ccc(-c5ccccc5)cc4)cc3)c3cc4ccccc4c4ccccc34)ccc2-c2cc[n-]c21.CC1CC=Cc2c1c[c-]c1c2C(C)CC=C1.[C-]1=CC=C(c2ccc(-c3ccccc3)cc2)CC1.[V]. The van der Waals surface area contributed by atoms with E-state index in [2.05, 4.69) is 287 Å². The van der Waals surface area contributed by atoms with E-state index in [0.29, 0.717) is 11.8 Å². The molecule has 11 aromatic rings. The third-order valence-electron chi connectivity index (χ3n) is 17.1. The van der Waals surface area contributed by atoms with Crippen molar-refractivity contribution >= 4 is 56.3 Å². The fraction of sp³-hybridized carbons (Fsp3) is 0.139. The van der Waals surface area contributed by atoms with Crippen LogP contribution in [-0.2, 0) is 24.0 Å². The van der Waals surface area contributed by atoms with E-state index in [1.54, 1.807) is 0 Å². The number of rotatable bonds is 7. The van der Waals surface area contributed by atoms with Crippen LogP contribution in [0, 0.1) is 12.1 Å². The zero-order chi connectivity index (χ0) is 54.9. The predicted molar refractivity (Wildman–Crippen MR) is 344 cm³/mol. The number of aromatic nitrogens is 1. The molecular weight excluding hydrogens is 1030 g/mol. The van der Waals surface area contributed by atoms with Crippen molar-refractivity contribution in [3.63, 3.8) is 0 Å². The first-order valence-electron chi connectivity index (χ1n) is 28.8. The van der Waals surface area contributed by atoms with Gasteiger partial charge in [0.15, 0.2) is 0 Å². The first kappa shape index (κ1) is 54.0. The summed E-state index contributed by atoms with van der Waals surface area (Å²) < 4.78 is 0. The van der Waals surface area contributed by atoms with E-state index in [9.17, 15) is 0 Å². The van der Waals surface area contributed by atoms with E-state index >= 15 is 0 Å². The molecular formula is C79H65N2V-3. The Hall–Kier alpha value is -8.66. The van der Waals surface area contributed by atoms with Crippen molar-refractivity contribution in [2.24, 2.45) is 0 Å². The first-order chi connectivity index (χ1) is 39.8. The summed E-state index contributed by atoms with van der Waals surface area (Å²) in [5, 5.41) is 4.98.